The number of pyridine rings is 1. The smallest absolute Gasteiger partial charge is 0.287 e. The van der Waals surface area contributed by atoms with Crippen LogP contribution in [0.2, 0.25) is 0 Å². The van der Waals surface area contributed by atoms with E-state index in [1.54, 1.807) is 0 Å². The second kappa shape index (κ2) is 3.93. The molecule has 0 aliphatic rings. The minimum absolute atomic E-state index is 0. The molecule has 1 aromatic carbocycles. The Hall–Kier alpha value is -1.30. The molecule has 0 radical (unpaired) electrons. The molecule has 0 bridgehead atoms. The van der Waals surface area contributed by atoms with Crippen LogP contribution in [0.3, 0.4) is 0 Å². The number of imidazole rings is 1. The van der Waals surface area contributed by atoms with Gasteiger partial charge < -0.3 is 29.7 Å². The van der Waals surface area contributed by atoms with Crippen LogP contribution in [0.25, 0.3) is 16.7 Å². The van der Waals surface area contributed by atoms with Gasteiger partial charge in [-0.3, -0.25) is 0 Å². The van der Waals surface area contributed by atoms with E-state index < -0.39 is 0 Å². The molecule has 2 heterocycles. The standard InChI is InChI=1S/C12H12N3.HI/c1-14-10-4-2-3-5-11(10)15-8-9(13)6-7-12(14)15;/h2-8H,13H2,1H3;1H/q+1;/p-1. The first-order valence-electron chi connectivity index (χ1n) is 4.92. The molecule has 4 heteroatoms. The number of anilines is 1. The Bertz CT molecular complexity index is 658. The molecule has 0 saturated heterocycles. The van der Waals surface area contributed by atoms with E-state index in [0.717, 1.165) is 11.3 Å². The Morgan fingerprint density at radius 2 is 1.88 bits per heavy atom. The van der Waals surface area contributed by atoms with Crippen LogP contribution in [0.15, 0.2) is 42.6 Å². The van der Waals surface area contributed by atoms with Crippen molar-refractivity contribution in [2.45, 2.75) is 0 Å². The number of aryl methyl sites for hydroxylation is 1. The molecule has 0 fully saturated rings. The van der Waals surface area contributed by atoms with Crippen LogP contribution in [0, 0.1) is 0 Å². The van der Waals surface area contributed by atoms with E-state index in [1.807, 2.05) is 30.5 Å². The maximum atomic E-state index is 5.79. The molecule has 3 nitrogen and oxygen atoms in total. The third-order valence-corrected chi connectivity index (χ3v) is 2.80. The lowest BCUT2D eigenvalue weighted by atomic mass is 10.3. The van der Waals surface area contributed by atoms with E-state index in [-0.39, 0.29) is 24.0 Å². The molecule has 0 aliphatic heterocycles. The molecule has 0 aliphatic carbocycles. The average molecular weight is 325 g/mol. The van der Waals surface area contributed by atoms with Gasteiger partial charge >= 0.3 is 0 Å². The topological polar surface area (TPSA) is 34.3 Å². The fraction of sp³-hybridized carbons (Fsp3) is 0.0833. The number of hydrogen-bond acceptors (Lipinski definition) is 1. The van der Waals surface area contributed by atoms with Crippen LogP contribution in [0.5, 0.6) is 0 Å². The summed E-state index contributed by atoms with van der Waals surface area (Å²) in [7, 11) is 2.06. The van der Waals surface area contributed by atoms with E-state index >= 15 is 0 Å². The summed E-state index contributed by atoms with van der Waals surface area (Å²) in [4.78, 5) is 0. The highest BCUT2D eigenvalue weighted by molar-refractivity contribution is 5.76. The molecule has 2 aromatic heterocycles. The van der Waals surface area contributed by atoms with Gasteiger partial charge in [-0.1, -0.05) is 12.1 Å². The Morgan fingerprint density at radius 1 is 1.12 bits per heavy atom. The molecule has 16 heavy (non-hydrogen) atoms. The van der Waals surface area contributed by atoms with E-state index in [9.17, 15) is 0 Å². The van der Waals surface area contributed by atoms with Crippen LogP contribution >= 0.6 is 0 Å². The predicted molar refractivity (Wildman–Crippen MR) is 60.5 cm³/mol. The summed E-state index contributed by atoms with van der Waals surface area (Å²) < 4.78 is 4.28. The predicted octanol–water partition coefficient (Wildman–Crippen LogP) is -1.50. The van der Waals surface area contributed by atoms with Crippen LogP contribution in [0.4, 0.5) is 5.69 Å². The number of aromatic nitrogens is 2. The Morgan fingerprint density at radius 3 is 2.69 bits per heavy atom. The zero-order valence-electron chi connectivity index (χ0n) is 8.89. The van der Waals surface area contributed by atoms with Crippen molar-refractivity contribution in [2.24, 2.45) is 7.05 Å². The van der Waals surface area contributed by atoms with Gasteiger partial charge in [-0.05, 0) is 18.2 Å². The molecule has 0 spiro atoms. The number of nitrogens with zero attached hydrogens (tertiary/aromatic N) is 2. The minimum Gasteiger partial charge on any atom is -1.00 e. The van der Waals surface area contributed by atoms with Crippen molar-refractivity contribution in [1.82, 2.24) is 4.40 Å². The number of hydrogen-bond donors (Lipinski definition) is 1. The van der Waals surface area contributed by atoms with Crippen molar-refractivity contribution in [3.8, 4) is 0 Å². The zero-order valence-corrected chi connectivity index (χ0v) is 11.0. The van der Waals surface area contributed by atoms with Gasteiger partial charge in [0.2, 0.25) is 0 Å². The summed E-state index contributed by atoms with van der Waals surface area (Å²) in [5.74, 6) is 0. The Kier molecular flexibility index (Phi) is 2.75. The molecule has 0 unspecified atom stereocenters. The SMILES string of the molecule is C[n+]1c2ccccc2n2cc(N)ccc21.[I-]. The third kappa shape index (κ3) is 1.44. The number of para-hydroxylation sites is 2. The highest BCUT2D eigenvalue weighted by atomic mass is 127. The molecular formula is C12H12IN3. The molecule has 0 atom stereocenters. The van der Waals surface area contributed by atoms with Gasteiger partial charge in [-0.2, -0.15) is 4.40 Å². The van der Waals surface area contributed by atoms with Crippen LogP contribution in [-0.4, -0.2) is 4.40 Å². The van der Waals surface area contributed by atoms with Crippen molar-refractivity contribution >= 4 is 22.4 Å². The highest BCUT2D eigenvalue weighted by Crippen LogP contribution is 2.15. The van der Waals surface area contributed by atoms with E-state index in [0.29, 0.717) is 0 Å². The number of nitrogen functional groups attached to an aromatic ring is 1. The first-order chi connectivity index (χ1) is 7.27. The van der Waals surface area contributed by atoms with Crippen molar-refractivity contribution in [2.75, 3.05) is 5.73 Å². The van der Waals surface area contributed by atoms with Gasteiger partial charge in [-0.25, -0.2) is 4.57 Å². The van der Waals surface area contributed by atoms with Gasteiger partial charge in [-0.15, -0.1) is 0 Å². The largest absolute Gasteiger partial charge is 1.00 e. The maximum Gasteiger partial charge on any atom is 0.287 e. The summed E-state index contributed by atoms with van der Waals surface area (Å²) in [6.45, 7) is 0. The summed E-state index contributed by atoms with van der Waals surface area (Å²) in [5.41, 5.74) is 10.1. The van der Waals surface area contributed by atoms with Crippen LogP contribution < -0.4 is 34.3 Å². The van der Waals surface area contributed by atoms with Crippen molar-refractivity contribution in [3.63, 3.8) is 0 Å². The van der Waals surface area contributed by atoms with Gasteiger partial charge in [0, 0.05) is 6.07 Å². The highest BCUT2D eigenvalue weighted by Gasteiger charge is 2.14. The number of rotatable bonds is 0. The molecule has 2 N–H and O–H groups in total. The lowest BCUT2D eigenvalue weighted by Crippen LogP contribution is -3.00. The zero-order chi connectivity index (χ0) is 10.4. The first kappa shape index (κ1) is 11.2. The fourth-order valence-electron chi connectivity index (χ4n) is 2.05. The maximum absolute atomic E-state index is 5.79. The third-order valence-electron chi connectivity index (χ3n) is 2.80. The molecule has 0 amide bonds. The number of benzene rings is 1. The van der Waals surface area contributed by atoms with Gasteiger partial charge in [0.05, 0.1) is 12.7 Å². The summed E-state index contributed by atoms with van der Waals surface area (Å²) in [6.07, 6.45) is 1.96. The number of halogens is 1. The van der Waals surface area contributed by atoms with Crippen molar-refractivity contribution < 1.29 is 28.5 Å². The second-order valence-corrected chi connectivity index (χ2v) is 3.74. The normalized spacial score (nSPS) is 10.6. The molecule has 3 rings (SSSR count). The Balaban J connectivity index is 0.000000963. The average Bonchev–Trinajstić information content (AvgIpc) is 2.54. The monoisotopic (exact) mass is 325 g/mol. The fourth-order valence-corrected chi connectivity index (χ4v) is 2.05. The quantitative estimate of drug-likeness (QED) is 0.396. The van der Waals surface area contributed by atoms with Crippen molar-refractivity contribution in [1.29, 1.82) is 0 Å². The van der Waals surface area contributed by atoms with Gasteiger partial charge in [0.25, 0.3) is 5.65 Å². The van der Waals surface area contributed by atoms with Crippen molar-refractivity contribution in [3.05, 3.63) is 42.6 Å². The molecule has 82 valence electrons. The minimum atomic E-state index is 0. The van der Waals surface area contributed by atoms with E-state index in [2.05, 4.69) is 28.1 Å². The molecule has 3 aromatic rings. The van der Waals surface area contributed by atoms with Gasteiger partial charge in [0.1, 0.15) is 6.20 Å². The second-order valence-electron chi connectivity index (χ2n) is 3.74. The number of fused-ring (bicyclic) bond motifs is 3. The van der Waals surface area contributed by atoms with Crippen LogP contribution in [0.1, 0.15) is 0 Å². The first-order valence-corrected chi connectivity index (χ1v) is 4.92. The van der Waals surface area contributed by atoms with Gasteiger partial charge in [0.15, 0.2) is 11.0 Å². The molecular weight excluding hydrogens is 313 g/mol. The lowest BCUT2D eigenvalue weighted by molar-refractivity contribution is -0.618. The summed E-state index contributed by atoms with van der Waals surface area (Å²) in [6, 6.07) is 12.3. The Labute approximate surface area is 111 Å². The van der Waals surface area contributed by atoms with E-state index in [4.69, 9.17) is 5.73 Å². The van der Waals surface area contributed by atoms with Crippen LogP contribution in [-0.2, 0) is 7.05 Å². The summed E-state index contributed by atoms with van der Waals surface area (Å²) >= 11 is 0. The van der Waals surface area contributed by atoms with E-state index in [1.165, 1.54) is 11.0 Å². The number of nitrogens with two attached hydrogens (primary N) is 1. The summed E-state index contributed by atoms with van der Waals surface area (Å²) in [5, 5.41) is 0. The molecule has 0 saturated carbocycles. The lowest BCUT2D eigenvalue weighted by Gasteiger charge is -1.90.